The molecule has 74 valence electrons. The predicted molar refractivity (Wildman–Crippen MR) is 59.7 cm³/mol. The average molecular weight is 180 g/mol. The van der Waals surface area contributed by atoms with Crippen molar-refractivity contribution in [3.8, 4) is 0 Å². The van der Waals surface area contributed by atoms with Crippen molar-refractivity contribution in [2.75, 3.05) is 0 Å². The van der Waals surface area contributed by atoms with Gasteiger partial charge in [-0.25, -0.2) is 0 Å². The van der Waals surface area contributed by atoms with Crippen LogP contribution in [-0.4, -0.2) is 6.29 Å². The second kappa shape index (κ2) is 13.5. The largest absolute Gasteiger partial charge is 0.303 e. The van der Waals surface area contributed by atoms with Crippen molar-refractivity contribution in [3.63, 3.8) is 0 Å². The molecule has 1 nitrogen and oxygen atoms in total. The summed E-state index contributed by atoms with van der Waals surface area (Å²) in [6.07, 6.45) is 8.77. The van der Waals surface area contributed by atoms with E-state index in [4.69, 9.17) is 0 Å². The van der Waals surface area contributed by atoms with Gasteiger partial charge in [0, 0.05) is 6.42 Å². The number of hydrogen-bond donors (Lipinski definition) is 0. The van der Waals surface area contributed by atoms with Crippen LogP contribution in [0, 0.1) is 0 Å². The predicted octanol–water partition coefficient (Wildman–Crippen LogP) is 3.68. The van der Waals surface area contributed by atoms with Crippen molar-refractivity contribution in [2.24, 2.45) is 0 Å². The van der Waals surface area contributed by atoms with Gasteiger partial charge in [0.25, 0.3) is 0 Å². The molecule has 0 aromatic rings. The molecule has 0 atom stereocenters. The van der Waals surface area contributed by atoms with Crippen molar-refractivity contribution >= 4 is 6.29 Å². The summed E-state index contributed by atoms with van der Waals surface area (Å²) in [6.45, 7) is 11.4. The van der Waals surface area contributed by atoms with Gasteiger partial charge in [-0.05, 0) is 12.0 Å². The highest BCUT2D eigenvalue weighted by molar-refractivity contribution is 5.50. The Labute approximate surface area is 81.9 Å². The van der Waals surface area contributed by atoms with E-state index in [0.717, 1.165) is 18.3 Å². The zero-order chi connectivity index (χ0) is 10.5. The van der Waals surface area contributed by atoms with E-state index in [2.05, 4.69) is 27.0 Å². The highest BCUT2D eigenvalue weighted by atomic mass is 16.1. The molecule has 0 aromatic carbocycles. The van der Waals surface area contributed by atoms with Gasteiger partial charge in [0.15, 0.2) is 0 Å². The zero-order valence-corrected chi connectivity index (χ0v) is 8.75. The Bertz CT molecular complexity index is 166. The van der Waals surface area contributed by atoms with Gasteiger partial charge in [0.1, 0.15) is 6.29 Å². The molecule has 0 saturated heterocycles. The van der Waals surface area contributed by atoms with Crippen molar-refractivity contribution in [1.29, 1.82) is 0 Å². The minimum atomic E-state index is 0.561. The molecular weight excluding hydrogens is 160 g/mol. The summed E-state index contributed by atoms with van der Waals surface area (Å²) >= 11 is 0. The van der Waals surface area contributed by atoms with Crippen LogP contribution in [0.4, 0.5) is 0 Å². The van der Waals surface area contributed by atoms with Crippen molar-refractivity contribution < 1.29 is 4.79 Å². The third-order valence-corrected chi connectivity index (χ3v) is 1.14. The van der Waals surface area contributed by atoms with Crippen molar-refractivity contribution in [2.45, 2.75) is 33.1 Å². The summed E-state index contributed by atoms with van der Waals surface area (Å²) < 4.78 is 0. The van der Waals surface area contributed by atoms with E-state index in [1.807, 2.05) is 6.08 Å². The molecule has 0 radical (unpaired) electrons. The molecule has 0 aliphatic rings. The lowest BCUT2D eigenvalue weighted by atomic mass is 10.1. The number of carbonyl (C=O) groups is 1. The first-order valence-corrected chi connectivity index (χ1v) is 4.64. The van der Waals surface area contributed by atoms with E-state index in [0.29, 0.717) is 6.42 Å². The first kappa shape index (κ1) is 14.4. The van der Waals surface area contributed by atoms with Crippen molar-refractivity contribution in [3.05, 3.63) is 37.0 Å². The Kier molecular flexibility index (Phi) is 14.9. The summed E-state index contributed by atoms with van der Waals surface area (Å²) in [4.78, 5) is 9.94. The Hall–Kier alpha value is -1.11. The Morgan fingerprint density at radius 3 is 2.15 bits per heavy atom. The molecule has 0 N–H and O–H groups in total. The molecule has 13 heavy (non-hydrogen) atoms. The fourth-order valence-corrected chi connectivity index (χ4v) is 0.630. The maximum atomic E-state index is 9.94. The fourth-order valence-electron chi connectivity index (χ4n) is 0.630. The van der Waals surface area contributed by atoms with E-state index < -0.39 is 0 Å². The van der Waals surface area contributed by atoms with Gasteiger partial charge in [-0.1, -0.05) is 51.7 Å². The molecule has 0 unspecified atom stereocenters. The standard InChI is InChI=1S/C9H12O.C3H8/c1-3-6-9(4-2)7-5-8-10;1-3-2/h3-4,6,8H,1-2,5,7H2;3H2,1-2H3/b9-6+;. The number of rotatable bonds is 5. The maximum absolute atomic E-state index is 9.94. The summed E-state index contributed by atoms with van der Waals surface area (Å²) in [5.41, 5.74) is 1.06. The lowest BCUT2D eigenvalue weighted by molar-refractivity contribution is -0.107. The molecule has 0 bridgehead atoms. The molecule has 0 aliphatic carbocycles. The van der Waals surface area contributed by atoms with Crippen LogP contribution < -0.4 is 0 Å². The van der Waals surface area contributed by atoms with Crippen molar-refractivity contribution in [1.82, 2.24) is 0 Å². The smallest absolute Gasteiger partial charge is 0.120 e. The van der Waals surface area contributed by atoms with Crippen LogP contribution in [0.1, 0.15) is 33.1 Å². The van der Waals surface area contributed by atoms with Crippen LogP contribution in [-0.2, 0) is 4.79 Å². The Morgan fingerprint density at radius 1 is 1.31 bits per heavy atom. The molecule has 0 rings (SSSR count). The van der Waals surface area contributed by atoms with Crippen LogP contribution in [0.25, 0.3) is 0 Å². The molecule has 0 heterocycles. The molecule has 0 saturated carbocycles. The highest BCUT2D eigenvalue weighted by Crippen LogP contribution is 2.03. The summed E-state index contributed by atoms with van der Waals surface area (Å²) in [6, 6.07) is 0. The average Bonchev–Trinajstić information content (AvgIpc) is 2.13. The van der Waals surface area contributed by atoms with Gasteiger partial charge < -0.3 is 4.79 Å². The second-order valence-electron chi connectivity index (χ2n) is 2.59. The highest BCUT2D eigenvalue weighted by Gasteiger charge is 1.87. The summed E-state index contributed by atoms with van der Waals surface area (Å²) in [5.74, 6) is 0. The van der Waals surface area contributed by atoms with Crippen LogP contribution >= 0.6 is 0 Å². The van der Waals surface area contributed by atoms with E-state index >= 15 is 0 Å². The Morgan fingerprint density at radius 2 is 1.85 bits per heavy atom. The number of carbonyl (C=O) groups excluding carboxylic acids is 1. The van der Waals surface area contributed by atoms with E-state index in [9.17, 15) is 4.79 Å². The normalized spacial score (nSPS) is 9.54. The molecule has 1 heteroatoms. The molecule has 0 fully saturated rings. The van der Waals surface area contributed by atoms with Gasteiger partial charge in [0.2, 0.25) is 0 Å². The monoisotopic (exact) mass is 180 g/mol. The minimum absolute atomic E-state index is 0.561. The topological polar surface area (TPSA) is 17.1 Å². The second-order valence-corrected chi connectivity index (χ2v) is 2.59. The van der Waals surface area contributed by atoms with Crippen LogP contribution in [0.5, 0.6) is 0 Å². The molecule has 0 amide bonds. The van der Waals surface area contributed by atoms with E-state index in [1.54, 1.807) is 12.2 Å². The first-order chi connectivity index (χ1) is 6.26. The SMILES string of the molecule is C=C/C=C(\C=C)CCC=O.CCC. The zero-order valence-electron chi connectivity index (χ0n) is 8.75. The molecule has 0 aromatic heterocycles. The van der Waals surface area contributed by atoms with E-state index in [-0.39, 0.29) is 0 Å². The molecular formula is C12H20O. The van der Waals surface area contributed by atoms with Gasteiger partial charge in [0.05, 0.1) is 0 Å². The summed E-state index contributed by atoms with van der Waals surface area (Å²) in [7, 11) is 0. The van der Waals surface area contributed by atoms with Gasteiger partial charge in [-0.15, -0.1) is 0 Å². The summed E-state index contributed by atoms with van der Waals surface area (Å²) in [5, 5.41) is 0. The number of hydrogen-bond acceptors (Lipinski definition) is 1. The lowest BCUT2D eigenvalue weighted by Gasteiger charge is -1.93. The van der Waals surface area contributed by atoms with Gasteiger partial charge >= 0.3 is 0 Å². The number of aldehydes is 1. The molecule has 0 spiro atoms. The Balaban J connectivity index is 0. The first-order valence-electron chi connectivity index (χ1n) is 4.64. The van der Waals surface area contributed by atoms with Crippen LogP contribution in [0.3, 0.4) is 0 Å². The third kappa shape index (κ3) is 13.8. The molecule has 0 aliphatic heterocycles. The lowest BCUT2D eigenvalue weighted by Crippen LogP contribution is -1.79. The van der Waals surface area contributed by atoms with Gasteiger partial charge in [-0.2, -0.15) is 0 Å². The third-order valence-electron chi connectivity index (χ3n) is 1.14. The minimum Gasteiger partial charge on any atom is -0.303 e. The quantitative estimate of drug-likeness (QED) is 0.466. The number of allylic oxidation sites excluding steroid dienone is 4. The van der Waals surface area contributed by atoms with Gasteiger partial charge in [-0.3, -0.25) is 0 Å². The van der Waals surface area contributed by atoms with Crippen LogP contribution in [0.15, 0.2) is 37.0 Å². The maximum Gasteiger partial charge on any atom is 0.120 e. The van der Waals surface area contributed by atoms with E-state index in [1.165, 1.54) is 6.42 Å². The fraction of sp³-hybridized carbons (Fsp3) is 0.417. The van der Waals surface area contributed by atoms with Crippen LogP contribution in [0.2, 0.25) is 0 Å².